The number of benzene rings is 2. The van der Waals surface area contributed by atoms with Crippen LogP contribution in [0, 0.1) is 18.3 Å². The van der Waals surface area contributed by atoms with Gasteiger partial charge in [-0.3, -0.25) is 4.79 Å². The van der Waals surface area contributed by atoms with E-state index in [2.05, 4.69) is 20.8 Å². The second kappa shape index (κ2) is 8.86. The van der Waals surface area contributed by atoms with Crippen molar-refractivity contribution in [1.29, 1.82) is 5.26 Å². The van der Waals surface area contributed by atoms with Crippen molar-refractivity contribution in [3.8, 4) is 6.07 Å². The topological polar surface area (TPSA) is 90.7 Å². The Bertz CT molecular complexity index is 1010. The second-order valence-corrected chi connectivity index (χ2v) is 8.09. The van der Waals surface area contributed by atoms with Crippen LogP contribution in [-0.2, 0) is 4.79 Å². The second-order valence-electron chi connectivity index (χ2n) is 5.45. The lowest BCUT2D eigenvalue weighted by Gasteiger charge is -2.06. The number of nitrogens with zero attached hydrogens (tertiary/aromatic N) is 3. The molecule has 0 saturated heterocycles. The van der Waals surface area contributed by atoms with Crippen LogP contribution in [0.2, 0.25) is 5.02 Å². The largest absolute Gasteiger partial charge is 0.330 e. The van der Waals surface area contributed by atoms with Gasteiger partial charge < -0.3 is 10.6 Å². The first-order valence-electron chi connectivity index (χ1n) is 7.83. The number of nitriles is 1. The number of hydrogen-bond acceptors (Lipinski definition) is 7. The molecule has 136 valence electrons. The first-order chi connectivity index (χ1) is 13.0. The molecule has 27 heavy (non-hydrogen) atoms. The number of carbonyl (C=O) groups is 1. The molecule has 0 atom stereocenters. The minimum atomic E-state index is -0.248. The Labute approximate surface area is 169 Å². The number of aromatic nitrogens is 2. The maximum Gasteiger partial charge on any atom is 0.234 e. The van der Waals surface area contributed by atoms with Crippen LogP contribution in [0.15, 0.2) is 46.8 Å². The highest BCUT2D eigenvalue weighted by molar-refractivity contribution is 8.01. The van der Waals surface area contributed by atoms with Gasteiger partial charge in [0.2, 0.25) is 11.0 Å². The van der Waals surface area contributed by atoms with E-state index in [1.807, 2.05) is 37.3 Å². The average Bonchev–Trinajstić information content (AvgIpc) is 3.10. The van der Waals surface area contributed by atoms with Crippen molar-refractivity contribution in [2.45, 2.75) is 11.3 Å². The molecule has 3 rings (SSSR count). The number of rotatable bonds is 6. The fourth-order valence-corrected chi connectivity index (χ4v) is 3.91. The summed E-state index contributed by atoms with van der Waals surface area (Å²) >= 11 is 8.57. The molecule has 6 nitrogen and oxygen atoms in total. The highest BCUT2D eigenvalue weighted by Crippen LogP contribution is 2.29. The third kappa shape index (κ3) is 5.20. The molecule has 0 unspecified atom stereocenters. The van der Waals surface area contributed by atoms with E-state index >= 15 is 0 Å². The number of hydrogen-bond donors (Lipinski definition) is 2. The van der Waals surface area contributed by atoms with Crippen molar-refractivity contribution in [3.63, 3.8) is 0 Å². The third-order valence-corrected chi connectivity index (χ3v) is 5.70. The highest BCUT2D eigenvalue weighted by atomic mass is 35.5. The highest BCUT2D eigenvalue weighted by Gasteiger charge is 2.11. The van der Waals surface area contributed by atoms with Crippen LogP contribution < -0.4 is 10.6 Å². The summed E-state index contributed by atoms with van der Waals surface area (Å²) in [6.45, 7) is 2.01. The fourth-order valence-electron chi connectivity index (χ4n) is 2.18. The van der Waals surface area contributed by atoms with Crippen molar-refractivity contribution in [1.82, 2.24) is 10.2 Å². The number of carbonyl (C=O) groups excluding carboxylic acids is 1. The van der Waals surface area contributed by atoms with E-state index in [0.29, 0.717) is 25.7 Å². The molecule has 3 aromatic rings. The van der Waals surface area contributed by atoms with Gasteiger partial charge in [0, 0.05) is 10.7 Å². The van der Waals surface area contributed by atoms with E-state index in [-0.39, 0.29) is 11.7 Å². The Morgan fingerprint density at radius 1 is 1.26 bits per heavy atom. The molecule has 0 fully saturated rings. The minimum absolute atomic E-state index is 0.149. The Hall–Kier alpha value is -2.60. The van der Waals surface area contributed by atoms with Gasteiger partial charge in [0.1, 0.15) is 6.07 Å². The summed E-state index contributed by atoms with van der Waals surface area (Å²) in [4.78, 5) is 12.2. The summed E-state index contributed by atoms with van der Waals surface area (Å²) < 4.78 is 0.674. The number of thioether (sulfide) groups is 1. The van der Waals surface area contributed by atoms with Gasteiger partial charge in [0.05, 0.1) is 17.0 Å². The number of halogens is 1. The smallest absolute Gasteiger partial charge is 0.234 e. The molecule has 0 aliphatic heterocycles. The summed E-state index contributed by atoms with van der Waals surface area (Å²) in [7, 11) is 0. The predicted octanol–water partition coefficient (Wildman–Crippen LogP) is 4.85. The maximum absolute atomic E-state index is 12.2. The first kappa shape index (κ1) is 19.2. The van der Waals surface area contributed by atoms with E-state index in [0.717, 1.165) is 11.3 Å². The SMILES string of the molecule is Cc1ccccc1Nc1nnc(SCC(=O)Nc2cc(Cl)ccc2C#N)s1. The molecule has 2 aromatic carbocycles. The molecule has 9 heteroatoms. The zero-order chi connectivity index (χ0) is 19.2. The normalized spacial score (nSPS) is 10.3. The lowest BCUT2D eigenvalue weighted by atomic mass is 10.2. The number of para-hydroxylation sites is 1. The molecule has 1 amide bonds. The maximum atomic E-state index is 12.2. The van der Waals surface area contributed by atoms with Crippen LogP contribution in [0.5, 0.6) is 0 Å². The van der Waals surface area contributed by atoms with Gasteiger partial charge in [0.25, 0.3) is 0 Å². The van der Waals surface area contributed by atoms with E-state index in [1.165, 1.54) is 23.1 Å². The summed E-state index contributed by atoms with van der Waals surface area (Å²) in [5.41, 5.74) is 2.83. The summed E-state index contributed by atoms with van der Waals surface area (Å²) in [5.74, 6) is -0.0986. The van der Waals surface area contributed by atoms with Crippen molar-refractivity contribution in [2.24, 2.45) is 0 Å². The van der Waals surface area contributed by atoms with Crippen molar-refractivity contribution >= 4 is 57.1 Å². The van der Waals surface area contributed by atoms with Crippen LogP contribution in [0.3, 0.4) is 0 Å². The van der Waals surface area contributed by atoms with E-state index in [4.69, 9.17) is 16.9 Å². The standard InChI is InChI=1S/C18H14ClN5OS2/c1-11-4-2-3-5-14(11)22-17-23-24-18(27-17)26-10-16(25)21-15-8-13(19)7-6-12(15)9-20/h2-8H,10H2,1H3,(H,21,25)(H,22,23). The zero-order valence-corrected chi connectivity index (χ0v) is 16.6. The molecular formula is C18H14ClN5OS2. The van der Waals surface area contributed by atoms with Crippen molar-refractivity contribution in [2.75, 3.05) is 16.4 Å². The number of nitrogens with one attached hydrogen (secondary N) is 2. The summed E-state index contributed by atoms with van der Waals surface area (Å²) in [6.07, 6.45) is 0. The van der Waals surface area contributed by atoms with Crippen molar-refractivity contribution < 1.29 is 4.79 Å². The van der Waals surface area contributed by atoms with E-state index in [1.54, 1.807) is 18.2 Å². The van der Waals surface area contributed by atoms with Gasteiger partial charge in [-0.1, -0.05) is 52.9 Å². The molecule has 0 spiro atoms. The Morgan fingerprint density at radius 2 is 2.07 bits per heavy atom. The third-order valence-electron chi connectivity index (χ3n) is 3.50. The quantitative estimate of drug-likeness (QED) is 0.559. The zero-order valence-electron chi connectivity index (χ0n) is 14.2. The van der Waals surface area contributed by atoms with E-state index < -0.39 is 0 Å². The molecule has 0 saturated carbocycles. The van der Waals surface area contributed by atoms with Gasteiger partial charge in [0.15, 0.2) is 4.34 Å². The van der Waals surface area contributed by atoms with Gasteiger partial charge >= 0.3 is 0 Å². The van der Waals surface area contributed by atoms with Gasteiger partial charge in [-0.25, -0.2) is 0 Å². The Balaban J connectivity index is 1.57. The molecule has 1 aromatic heterocycles. The predicted molar refractivity (Wildman–Crippen MR) is 110 cm³/mol. The minimum Gasteiger partial charge on any atom is -0.330 e. The fraction of sp³-hybridized carbons (Fsp3) is 0.111. The first-order valence-corrected chi connectivity index (χ1v) is 10.0. The number of amides is 1. The monoisotopic (exact) mass is 415 g/mol. The molecule has 2 N–H and O–H groups in total. The van der Waals surface area contributed by atoms with Crippen molar-refractivity contribution in [3.05, 3.63) is 58.6 Å². The van der Waals surface area contributed by atoms with Crippen LogP contribution in [0.4, 0.5) is 16.5 Å². The van der Waals surface area contributed by atoms with Gasteiger partial charge in [-0.15, -0.1) is 10.2 Å². The van der Waals surface area contributed by atoms with Crippen LogP contribution in [-0.4, -0.2) is 21.9 Å². The van der Waals surface area contributed by atoms with Gasteiger partial charge in [-0.05, 0) is 36.8 Å². The molecule has 0 bridgehead atoms. The Kier molecular flexibility index (Phi) is 6.29. The lowest BCUT2D eigenvalue weighted by Crippen LogP contribution is -2.14. The number of aryl methyl sites for hydroxylation is 1. The van der Waals surface area contributed by atoms with Crippen LogP contribution in [0.25, 0.3) is 0 Å². The summed E-state index contributed by atoms with van der Waals surface area (Å²) in [5, 5.41) is 24.3. The summed E-state index contributed by atoms with van der Waals surface area (Å²) in [6, 6.07) is 14.6. The average molecular weight is 416 g/mol. The molecular weight excluding hydrogens is 402 g/mol. The molecule has 0 radical (unpaired) electrons. The van der Waals surface area contributed by atoms with Gasteiger partial charge in [-0.2, -0.15) is 5.26 Å². The number of anilines is 3. The molecule has 0 aliphatic carbocycles. The lowest BCUT2D eigenvalue weighted by molar-refractivity contribution is -0.113. The van der Waals surface area contributed by atoms with Crippen LogP contribution >= 0.6 is 34.7 Å². The Morgan fingerprint density at radius 3 is 2.85 bits per heavy atom. The molecule has 0 aliphatic rings. The van der Waals surface area contributed by atoms with Crippen LogP contribution in [0.1, 0.15) is 11.1 Å². The molecule has 1 heterocycles. The van der Waals surface area contributed by atoms with E-state index in [9.17, 15) is 4.79 Å².